The molecule has 18 heavy (non-hydrogen) atoms. The predicted molar refractivity (Wildman–Crippen MR) is 70.1 cm³/mol. The van der Waals surface area contributed by atoms with E-state index in [9.17, 15) is 0 Å². The third kappa shape index (κ3) is 2.02. The molecule has 3 aromatic rings. The van der Waals surface area contributed by atoms with Gasteiger partial charge in [0, 0.05) is 35.9 Å². The Morgan fingerprint density at radius 3 is 2.33 bits per heavy atom. The van der Waals surface area contributed by atoms with Crippen LogP contribution in [0.5, 0.6) is 0 Å². The first kappa shape index (κ1) is 11.0. The van der Waals surface area contributed by atoms with Gasteiger partial charge in [-0.3, -0.25) is 9.97 Å². The molecule has 0 fully saturated rings. The summed E-state index contributed by atoms with van der Waals surface area (Å²) in [5.74, 6) is 1.08. The summed E-state index contributed by atoms with van der Waals surface area (Å²) in [5, 5.41) is 0. The van der Waals surface area contributed by atoms with Crippen LogP contribution in [0.15, 0.2) is 43.0 Å². The first-order chi connectivity index (χ1) is 8.86. The lowest BCUT2D eigenvalue weighted by molar-refractivity contribution is 1.13. The van der Waals surface area contributed by atoms with Crippen molar-refractivity contribution in [3.05, 3.63) is 48.5 Å². The van der Waals surface area contributed by atoms with Crippen molar-refractivity contribution in [1.82, 2.24) is 19.9 Å². The van der Waals surface area contributed by atoms with Gasteiger partial charge in [-0.1, -0.05) is 0 Å². The second kappa shape index (κ2) is 4.66. The van der Waals surface area contributed by atoms with Crippen LogP contribution in [0, 0.1) is 0 Å². The lowest BCUT2D eigenvalue weighted by atomic mass is 10.2. The molecule has 0 atom stereocenters. The molecule has 1 aromatic carbocycles. The van der Waals surface area contributed by atoms with E-state index in [1.807, 2.05) is 18.2 Å². The third-order valence-electron chi connectivity index (χ3n) is 2.59. The first-order valence-corrected chi connectivity index (χ1v) is 5.98. The van der Waals surface area contributed by atoms with Gasteiger partial charge >= 0.3 is 0 Å². The molecule has 0 bridgehead atoms. The minimum atomic E-state index is 0.420. The standard InChI is InChI=1S/C13H9ClN4/c14-6-9-7-17-13(18-8-9)10-1-2-11-12(5-10)16-4-3-15-11/h1-5,7-8H,6H2. The Bertz CT molecular complexity index is 682. The van der Waals surface area contributed by atoms with E-state index in [1.54, 1.807) is 24.8 Å². The van der Waals surface area contributed by atoms with Crippen LogP contribution in [-0.2, 0) is 5.88 Å². The van der Waals surface area contributed by atoms with Gasteiger partial charge in [-0.15, -0.1) is 11.6 Å². The van der Waals surface area contributed by atoms with Crippen molar-refractivity contribution in [3.8, 4) is 11.4 Å². The van der Waals surface area contributed by atoms with E-state index in [1.165, 1.54) is 0 Å². The number of alkyl halides is 1. The Kier molecular flexibility index (Phi) is 2.86. The Balaban J connectivity index is 2.07. The zero-order chi connectivity index (χ0) is 12.4. The highest BCUT2D eigenvalue weighted by atomic mass is 35.5. The van der Waals surface area contributed by atoms with Crippen LogP contribution < -0.4 is 0 Å². The lowest BCUT2D eigenvalue weighted by Gasteiger charge is -2.02. The molecule has 0 aliphatic heterocycles. The highest BCUT2D eigenvalue weighted by Crippen LogP contribution is 2.19. The van der Waals surface area contributed by atoms with Crippen molar-refractivity contribution >= 4 is 22.6 Å². The van der Waals surface area contributed by atoms with Gasteiger partial charge in [0.05, 0.1) is 16.9 Å². The molecule has 4 nitrogen and oxygen atoms in total. The van der Waals surface area contributed by atoms with Crippen molar-refractivity contribution in [2.24, 2.45) is 0 Å². The highest BCUT2D eigenvalue weighted by Gasteiger charge is 2.03. The van der Waals surface area contributed by atoms with Gasteiger partial charge in [0.1, 0.15) is 0 Å². The number of fused-ring (bicyclic) bond motifs is 1. The van der Waals surface area contributed by atoms with Crippen LogP contribution in [0.1, 0.15) is 5.56 Å². The fourth-order valence-electron chi connectivity index (χ4n) is 1.68. The Hall–Kier alpha value is -2.07. The Labute approximate surface area is 109 Å². The summed E-state index contributed by atoms with van der Waals surface area (Å²) in [6, 6.07) is 5.78. The van der Waals surface area contributed by atoms with Crippen LogP contribution in [0.4, 0.5) is 0 Å². The average Bonchev–Trinajstić information content (AvgIpc) is 2.47. The average molecular weight is 257 g/mol. The summed E-state index contributed by atoms with van der Waals surface area (Å²) in [4.78, 5) is 17.1. The summed E-state index contributed by atoms with van der Waals surface area (Å²) < 4.78 is 0. The molecule has 0 amide bonds. The maximum Gasteiger partial charge on any atom is 0.159 e. The zero-order valence-electron chi connectivity index (χ0n) is 9.42. The molecule has 88 valence electrons. The SMILES string of the molecule is ClCc1cnc(-c2ccc3nccnc3c2)nc1. The lowest BCUT2D eigenvalue weighted by Crippen LogP contribution is -1.91. The molecular formula is C13H9ClN4. The fraction of sp³-hybridized carbons (Fsp3) is 0.0769. The Morgan fingerprint density at radius 2 is 1.61 bits per heavy atom. The van der Waals surface area contributed by atoms with Gasteiger partial charge in [0.2, 0.25) is 0 Å². The molecule has 0 aliphatic carbocycles. The van der Waals surface area contributed by atoms with Gasteiger partial charge in [0.25, 0.3) is 0 Å². The van der Waals surface area contributed by atoms with E-state index in [2.05, 4.69) is 19.9 Å². The van der Waals surface area contributed by atoms with Crippen molar-refractivity contribution < 1.29 is 0 Å². The molecular weight excluding hydrogens is 248 g/mol. The highest BCUT2D eigenvalue weighted by molar-refractivity contribution is 6.17. The minimum Gasteiger partial charge on any atom is -0.253 e. The van der Waals surface area contributed by atoms with E-state index in [0.717, 1.165) is 22.2 Å². The number of rotatable bonds is 2. The smallest absolute Gasteiger partial charge is 0.159 e. The molecule has 5 heteroatoms. The van der Waals surface area contributed by atoms with Gasteiger partial charge in [-0.05, 0) is 18.2 Å². The number of aromatic nitrogens is 4. The number of benzene rings is 1. The van der Waals surface area contributed by atoms with E-state index in [0.29, 0.717) is 11.7 Å². The summed E-state index contributed by atoms with van der Waals surface area (Å²) in [5.41, 5.74) is 3.52. The molecule has 0 unspecified atom stereocenters. The molecule has 0 N–H and O–H groups in total. The quantitative estimate of drug-likeness (QED) is 0.662. The van der Waals surface area contributed by atoms with Gasteiger partial charge in [-0.2, -0.15) is 0 Å². The zero-order valence-corrected chi connectivity index (χ0v) is 10.2. The van der Waals surface area contributed by atoms with E-state index in [4.69, 9.17) is 11.6 Å². The van der Waals surface area contributed by atoms with Crippen molar-refractivity contribution in [2.45, 2.75) is 5.88 Å². The molecule has 0 spiro atoms. The second-order valence-corrected chi connectivity index (χ2v) is 4.08. The minimum absolute atomic E-state index is 0.420. The maximum absolute atomic E-state index is 5.71. The molecule has 0 aliphatic rings. The molecule has 0 saturated heterocycles. The summed E-state index contributed by atoms with van der Waals surface area (Å²) in [6.07, 6.45) is 6.81. The van der Waals surface area contributed by atoms with E-state index < -0.39 is 0 Å². The summed E-state index contributed by atoms with van der Waals surface area (Å²) in [7, 11) is 0. The van der Waals surface area contributed by atoms with Gasteiger partial charge < -0.3 is 0 Å². The first-order valence-electron chi connectivity index (χ1n) is 5.45. The van der Waals surface area contributed by atoms with Crippen LogP contribution in [0.25, 0.3) is 22.4 Å². The monoisotopic (exact) mass is 256 g/mol. The van der Waals surface area contributed by atoms with Crippen molar-refractivity contribution in [2.75, 3.05) is 0 Å². The number of halogens is 1. The fourth-order valence-corrected chi connectivity index (χ4v) is 1.81. The van der Waals surface area contributed by atoms with Crippen LogP contribution in [-0.4, -0.2) is 19.9 Å². The summed E-state index contributed by atoms with van der Waals surface area (Å²) in [6.45, 7) is 0. The van der Waals surface area contributed by atoms with Crippen LogP contribution in [0.3, 0.4) is 0 Å². The van der Waals surface area contributed by atoms with E-state index in [-0.39, 0.29) is 0 Å². The molecule has 2 aromatic heterocycles. The van der Waals surface area contributed by atoms with Gasteiger partial charge in [-0.25, -0.2) is 9.97 Å². The molecule has 0 saturated carbocycles. The molecule has 3 rings (SSSR count). The van der Waals surface area contributed by atoms with Crippen LogP contribution in [0.2, 0.25) is 0 Å². The third-order valence-corrected chi connectivity index (χ3v) is 2.90. The largest absolute Gasteiger partial charge is 0.253 e. The number of hydrogen-bond acceptors (Lipinski definition) is 4. The number of nitrogens with zero attached hydrogens (tertiary/aromatic N) is 4. The maximum atomic E-state index is 5.71. The number of hydrogen-bond donors (Lipinski definition) is 0. The summed E-state index contributed by atoms with van der Waals surface area (Å²) >= 11 is 5.71. The van der Waals surface area contributed by atoms with E-state index >= 15 is 0 Å². The molecule has 0 radical (unpaired) electrons. The normalized spacial score (nSPS) is 10.7. The van der Waals surface area contributed by atoms with Crippen molar-refractivity contribution in [1.29, 1.82) is 0 Å². The molecule has 2 heterocycles. The second-order valence-electron chi connectivity index (χ2n) is 3.81. The van der Waals surface area contributed by atoms with Crippen LogP contribution >= 0.6 is 11.6 Å². The van der Waals surface area contributed by atoms with Crippen molar-refractivity contribution in [3.63, 3.8) is 0 Å². The predicted octanol–water partition coefficient (Wildman–Crippen LogP) is 2.83. The topological polar surface area (TPSA) is 51.6 Å². The van der Waals surface area contributed by atoms with Gasteiger partial charge in [0.15, 0.2) is 5.82 Å². The Morgan fingerprint density at radius 1 is 0.889 bits per heavy atom.